The monoisotopic (exact) mass is 280 g/mol. The summed E-state index contributed by atoms with van der Waals surface area (Å²) in [5, 5.41) is 4.28. The second-order valence-electron chi connectivity index (χ2n) is 5.90. The summed E-state index contributed by atoms with van der Waals surface area (Å²) in [6, 6.07) is 0.114. The Morgan fingerprint density at radius 3 is 2.45 bits per heavy atom. The van der Waals surface area contributed by atoms with Crippen molar-refractivity contribution in [1.29, 1.82) is 0 Å². The lowest BCUT2D eigenvalue weighted by Gasteiger charge is -2.19. The molecule has 2 rings (SSSR count). The summed E-state index contributed by atoms with van der Waals surface area (Å²) in [5.41, 5.74) is 0.559. The van der Waals surface area contributed by atoms with Crippen LogP contribution in [0.25, 0.3) is 0 Å². The van der Waals surface area contributed by atoms with Gasteiger partial charge < -0.3 is 9.47 Å². The molecule has 0 bridgehead atoms. The summed E-state index contributed by atoms with van der Waals surface area (Å²) < 4.78 is 12.8. The molecule has 20 heavy (non-hydrogen) atoms. The van der Waals surface area contributed by atoms with Crippen LogP contribution in [0.2, 0.25) is 0 Å². The predicted octanol–water partition coefficient (Wildman–Crippen LogP) is 2.71. The Morgan fingerprint density at radius 1 is 1.35 bits per heavy atom. The summed E-state index contributed by atoms with van der Waals surface area (Å²) in [6.07, 6.45) is 1.63. The first-order chi connectivity index (χ1) is 9.38. The molecule has 1 aromatic heterocycles. The molecule has 1 aromatic rings. The average Bonchev–Trinajstić information content (AvgIpc) is 2.91. The van der Waals surface area contributed by atoms with Gasteiger partial charge in [0.05, 0.1) is 31.4 Å². The van der Waals surface area contributed by atoms with Crippen LogP contribution in [0, 0.1) is 11.8 Å². The summed E-state index contributed by atoms with van der Waals surface area (Å²) in [7, 11) is 1.57. The first kappa shape index (κ1) is 15.0. The molecule has 1 aliphatic heterocycles. The molecule has 0 aliphatic carbocycles. The zero-order chi connectivity index (χ0) is 15.0. The van der Waals surface area contributed by atoms with Crippen LogP contribution >= 0.6 is 0 Å². The van der Waals surface area contributed by atoms with Gasteiger partial charge in [0.2, 0.25) is 0 Å². The van der Waals surface area contributed by atoms with Gasteiger partial charge in [-0.25, -0.2) is 0 Å². The van der Waals surface area contributed by atoms with Crippen molar-refractivity contribution >= 4 is 5.78 Å². The molecule has 0 spiro atoms. The number of methoxy groups -OCH3 is 1. The number of hydrogen-bond acceptors (Lipinski definition) is 4. The van der Waals surface area contributed by atoms with E-state index < -0.39 is 0 Å². The van der Waals surface area contributed by atoms with Gasteiger partial charge in [-0.1, -0.05) is 6.92 Å². The van der Waals surface area contributed by atoms with Crippen LogP contribution in [0.15, 0.2) is 6.20 Å². The Morgan fingerprint density at radius 2 is 2.00 bits per heavy atom. The minimum atomic E-state index is -0.145. The van der Waals surface area contributed by atoms with Crippen molar-refractivity contribution < 1.29 is 14.3 Å². The first-order valence-corrected chi connectivity index (χ1v) is 7.19. The number of Topliss-reactive ketones (excluding diaryl/α,β-unsaturated/α-hetero) is 1. The van der Waals surface area contributed by atoms with Gasteiger partial charge in [0.15, 0.2) is 11.5 Å². The van der Waals surface area contributed by atoms with E-state index in [0.29, 0.717) is 11.4 Å². The minimum Gasteiger partial charge on any atom is -0.493 e. The lowest BCUT2D eigenvalue weighted by atomic mass is 9.84. The molecular formula is C15H24N2O3. The highest BCUT2D eigenvalue weighted by molar-refractivity contribution is 5.99. The van der Waals surface area contributed by atoms with E-state index in [1.165, 1.54) is 0 Å². The van der Waals surface area contributed by atoms with E-state index in [4.69, 9.17) is 9.47 Å². The first-order valence-electron chi connectivity index (χ1n) is 7.19. The molecule has 1 aliphatic rings. The third kappa shape index (κ3) is 2.35. The fourth-order valence-electron chi connectivity index (χ4n) is 3.00. The molecule has 2 heterocycles. The molecule has 5 nitrogen and oxygen atoms in total. The van der Waals surface area contributed by atoms with E-state index in [-0.39, 0.29) is 35.9 Å². The predicted molar refractivity (Wildman–Crippen MR) is 76.2 cm³/mol. The van der Waals surface area contributed by atoms with Crippen LogP contribution in [-0.2, 0) is 4.74 Å². The van der Waals surface area contributed by atoms with E-state index in [1.54, 1.807) is 18.0 Å². The molecule has 4 atom stereocenters. The quantitative estimate of drug-likeness (QED) is 0.796. The van der Waals surface area contributed by atoms with Crippen molar-refractivity contribution in [2.24, 2.45) is 11.8 Å². The van der Waals surface area contributed by atoms with Crippen molar-refractivity contribution in [3.8, 4) is 5.75 Å². The van der Waals surface area contributed by atoms with Crippen molar-refractivity contribution in [1.82, 2.24) is 9.78 Å². The Bertz CT molecular complexity index is 495. The van der Waals surface area contributed by atoms with Gasteiger partial charge in [-0.2, -0.15) is 5.10 Å². The second-order valence-corrected chi connectivity index (χ2v) is 5.90. The third-order valence-corrected chi connectivity index (χ3v) is 4.25. The highest BCUT2D eigenvalue weighted by Gasteiger charge is 2.43. The highest BCUT2D eigenvalue weighted by atomic mass is 16.5. The maximum Gasteiger partial charge on any atom is 0.190 e. The molecule has 0 aromatic carbocycles. The standard InChI is InChI=1S/C15H24N2O3/c1-8(2)17-14(12(19-6)7-16-17)15(18)13-9(3)10(4)20-11(13)5/h7-11,13H,1-6H3. The number of hydrogen-bond donors (Lipinski definition) is 0. The van der Waals surface area contributed by atoms with Crippen molar-refractivity contribution in [3.05, 3.63) is 11.9 Å². The second kappa shape index (κ2) is 5.56. The highest BCUT2D eigenvalue weighted by Crippen LogP contribution is 2.36. The molecular weight excluding hydrogens is 256 g/mol. The van der Waals surface area contributed by atoms with Crippen LogP contribution < -0.4 is 4.74 Å². The summed E-state index contributed by atoms with van der Waals surface area (Å²) in [5.74, 6) is 0.658. The Labute approximate surface area is 120 Å². The van der Waals surface area contributed by atoms with Crippen molar-refractivity contribution in [2.75, 3.05) is 7.11 Å². The van der Waals surface area contributed by atoms with E-state index in [2.05, 4.69) is 12.0 Å². The number of aromatic nitrogens is 2. The number of rotatable bonds is 4. The molecule has 0 saturated carbocycles. The van der Waals surface area contributed by atoms with Gasteiger partial charge in [-0.3, -0.25) is 9.48 Å². The van der Waals surface area contributed by atoms with E-state index in [9.17, 15) is 4.79 Å². The Hall–Kier alpha value is -1.36. The SMILES string of the molecule is COc1cnn(C(C)C)c1C(=O)C1C(C)OC(C)C1C. The van der Waals surface area contributed by atoms with Crippen LogP contribution in [0.3, 0.4) is 0 Å². The van der Waals surface area contributed by atoms with Crippen LogP contribution in [0.5, 0.6) is 5.75 Å². The van der Waals surface area contributed by atoms with Crippen molar-refractivity contribution in [2.45, 2.75) is 52.9 Å². The fraction of sp³-hybridized carbons (Fsp3) is 0.733. The lowest BCUT2D eigenvalue weighted by Crippen LogP contribution is -2.29. The molecule has 1 fully saturated rings. The Kier molecular flexibility index (Phi) is 4.18. The molecule has 0 N–H and O–H groups in total. The average molecular weight is 280 g/mol. The largest absolute Gasteiger partial charge is 0.493 e. The maximum absolute atomic E-state index is 13.0. The van der Waals surface area contributed by atoms with Gasteiger partial charge in [0, 0.05) is 6.04 Å². The number of ketones is 1. The van der Waals surface area contributed by atoms with Gasteiger partial charge in [0.25, 0.3) is 0 Å². The smallest absolute Gasteiger partial charge is 0.190 e. The zero-order valence-corrected chi connectivity index (χ0v) is 13.1. The van der Waals surface area contributed by atoms with Crippen molar-refractivity contribution in [3.63, 3.8) is 0 Å². The summed E-state index contributed by atoms with van der Waals surface area (Å²) in [6.45, 7) is 10.1. The number of ether oxygens (including phenoxy) is 2. The minimum absolute atomic E-state index is 0.0670. The van der Waals surface area contributed by atoms with Gasteiger partial charge in [-0.15, -0.1) is 0 Å². The molecule has 0 radical (unpaired) electrons. The zero-order valence-electron chi connectivity index (χ0n) is 13.1. The van der Waals surface area contributed by atoms with Crippen LogP contribution in [0.1, 0.15) is 51.1 Å². The lowest BCUT2D eigenvalue weighted by molar-refractivity contribution is 0.0487. The summed E-state index contributed by atoms with van der Waals surface area (Å²) >= 11 is 0. The number of nitrogens with zero attached hydrogens (tertiary/aromatic N) is 2. The van der Waals surface area contributed by atoms with E-state index in [0.717, 1.165) is 0 Å². The Balaban J connectivity index is 2.40. The molecule has 0 amide bonds. The van der Waals surface area contributed by atoms with Crippen LogP contribution in [0.4, 0.5) is 0 Å². The normalized spacial score (nSPS) is 29.9. The fourth-order valence-corrected chi connectivity index (χ4v) is 3.00. The molecule has 112 valence electrons. The van der Waals surface area contributed by atoms with Gasteiger partial charge in [0.1, 0.15) is 5.69 Å². The number of carbonyl (C=O) groups excluding carboxylic acids is 1. The van der Waals surface area contributed by atoms with E-state index >= 15 is 0 Å². The molecule has 5 heteroatoms. The van der Waals surface area contributed by atoms with Gasteiger partial charge in [-0.05, 0) is 33.6 Å². The maximum atomic E-state index is 13.0. The number of carbonyl (C=O) groups is 1. The summed E-state index contributed by atoms with van der Waals surface area (Å²) in [4.78, 5) is 13.0. The molecule has 4 unspecified atom stereocenters. The third-order valence-electron chi connectivity index (χ3n) is 4.25. The van der Waals surface area contributed by atoms with Crippen LogP contribution in [-0.4, -0.2) is 34.9 Å². The van der Waals surface area contributed by atoms with E-state index in [1.807, 2.05) is 27.7 Å². The van der Waals surface area contributed by atoms with Gasteiger partial charge >= 0.3 is 0 Å². The topological polar surface area (TPSA) is 53.4 Å². The molecule has 1 saturated heterocycles.